The summed E-state index contributed by atoms with van der Waals surface area (Å²) < 4.78 is 51.5. The minimum atomic E-state index is -4.61. The topological polar surface area (TPSA) is 40.5 Å². The third-order valence-electron chi connectivity index (χ3n) is 4.22. The van der Waals surface area contributed by atoms with Crippen molar-refractivity contribution in [3.8, 4) is 0 Å². The van der Waals surface area contributed by atoms with Crippen LogP contribution in [0.4, 0.5) is 13.2 Å². The fraction of sp³-hybridized carbons (Fsp3) is 0.706. The van der Waals surface area contributed by atoms with E-state index in [4.69, 9.17) is 8.92 Å². The van der Waals surface area contributed by atoms with Gasteiger partial charge >= 0.3 is 12.1 Å². The molecule has 0 N–H and O–H groups in total. The number of carbonyl (C=O) groups excluding carboxylic acids is 1. The van der Waals surface area contributed by atoms with Crippen molar-refractivity contribution >= 4 is 16.3 Å². The minimum Gasteiger partial charge on any atom is -0.462 e. The smallest absolute Gasteiger partial charge is 0.418 e. The summed E-state index contributed by atoms with van der Waals surface area (Å²) in [6.45, 7) is 10.4. The Labute approximate surface area is 149 Å². The van der Waals surface area contributed by atoms with Gasteiger partial charge in [-0.3, -0.25) is 0 Å². The number of hydrogen-bond donors (Lipinski definition) is 0. The van der Waals surface area contributed by atoms with Gasteiger partial charge in [-0.1, -0.05) is 27.7 Å². The first kappa shape index (κ1) is 21.9. The number of hydrogen-bond acceptors (Lipinski definition) is 3. The summed E-state index contributed by atoms with van der Waals surface area (Å²) in [6, 6.07) is 0. The third kappa shape index (κ3) is 5.41. The molecule has 1 unspecified atom stereocenters. The van der Waals surface area contributed by atoms with Crippen LogP contribution in [0.1, 0.15) is 50.5 Å². The van der Waals surface area contributed by atoms with Gasteiger partial charge in [0.05, 0.1) is 24.3 Å². The monoisotopic (exact) mass is 383 g/mol. The summed E-state index contributed by atoms with van der Waals surface area (Å²) in [5, 5.41) is 0. The molecule has 8 heteroatoms. The molecule has 1 heterocycles. The third-order valence-corrected chi connectivity index (χ3v) is 8.60. The molecule has 1 aromatic heterocycles. The van der Waals surface area contributed by atoms with Crippen molar-refractivity contribution in [3.05, 3.63) is 23.5 Å². The zero-order valence-corrected chi connectivity index (χ0v) is 16.5. The molecular formula is C17H28F3NO3S. The Morgan fingerprint density at radius 2 is 1.80 bits per heavy atom. The van der Waals surface area contributed by atoms with E-state index in [1.54, 1.807) is 6.92 Å². The Balaban J connectivity index is 2.92. The van der Waals surface area contributed by atoms with E-state index in [9.17, 15) is 18.0 Å². The number of halogens is 3. The quantitative estimate of drug-likeness (QED) is 0.631. The molecule has 1 atom stereocenters. The first-order valence-electron chi connectivity index (χ1n) is 8.19. The fourth-order valence-corrected chi connectivity index (χ4v) is 4.08. The summed E-state index contributed by atoms with van der Waals surface area (Å²) in [6.07, 6.45) is -0.415. The first-order chi connectivity index (χ1) is 11.4. The van der Waals surface area contributed by atoms with E-state index in [-0.39, 0.29) is 24.5 Å². The van der Waals surface area contributed by atoms with Gasteiger partial charge < -0.3 is 13.5 Å². The maximum Gasteiger partial charge on any atom is 0.418 e. The fourth-order valence-electron chi connectivity index (χ4n) is 2.25. The second kappa shape index (κ2) is 8.03. The number of ether oxygens (including phenoxy) is 1. The molecule has 0 saturated carbocycles. The second-order valence-electron chi connectivity index (χ2n) is 6.77. The van der Waals surface area contributed by atoms with Crippen molar-refractivity contribution in [2.45, 2.75) is 52.1 Å². The summed E-state index contributed by atoms with van der Waals surface area (Å²) in [5.41, 5.74) is -1.44. The highest BCUT2D eigenvalue weighted by molar-refractivity contribution is 8.30. The van der Waals surface area contributed by atoms with Crippen LogP contribution in [0, 0.1) is 0 Å². The van der Waals surface area contributed by atoms with Crippen molar-refractivity contribution < 1.29 is 26.9 Å². The van der Waals surface area contributed by atoms with Crippen molar-refractivity contribution in [1.82, 2.24) is 4.57 Å². The number of nitrogens with zero attached hydrogens (tertiary/aromatic N) is 1. The van der Waals surface area contributed by atoms with E-state index >= 15 is 0 Å². The molecule has 1 aromatic rings. The number of rotatable bonds is 7. The Bertz CT molecular complexity index is 593. The van der Waals surface area contributed by atoms with Gasteiger partial charge in [-0.15, -0.1) is 10.3 Å². The van der Waals surface area contributed by atoms with Crippen LogP contribution >= 0.6 is 10.3 Å². The Kier molecular flexibility index (Phi) is 7.03. The van der Waals surface area contributed by atoms with Crippen molar-refractivity contribution in [3.63, 3.8) is 0 Å². The highest BCUT2D eigenvalue weighted by atomic mass is 32.3. The SMILES string of the molecule is CCOC(=O)c1cn(CCOS(C)(CC)C(C)(C)C)cc1C(F)(F)F. The average Bonchev–Trinajstić information content (AvgIpc) is 2.90. The van der Waals surface area contributed by atoms with Gasteiger partial charge in [-0.2, -0.15) is 13.2 Å². The Morgan fingerprint density at radius 1 is 1.20 bits per heavy atom. The lowest BCUT2D eigenvalue weighted by Gasteiger charge is -2.46. The summed E-state index contributed by atoms with van der Waals surface area (Å²) in [7, 11) is -1.35. The molecule has 1 rings (SSSR count). The van der Waals surface area contributed by atoms with E-state index in [1.165, 1.54) is 10.8 Å². The Hall–Kier alpha value is -1.15. The van der Waals surface area contributed by atoms with Crippen LogP contribution in [0.25, 0.3) is 0 Å². The largest absolute Gasteiger partial charge is 0.462 e. The van der Waals surface area contributed by atoms with Crippen LogP contribution in [-0.4, -0.2) is 40.5 Å². The first-order valence-corrected chi connectivity index (χ1v) is 10.3. The van der Waals surface area contributed by atoms with E-state index < -0.39 is 33.6 Å². The van der Waals surface area contributed by atoms with Crippen LogP contribution in [0.15, 0.2) is 12.4 Å². The molecule has 0 aromatic carbocycles. The van der Waals surface area contributed by atoms with Crippen LogP contribution in [0.3, 0.4) is 0 Å². The Morgan fingerprint density at radius 3 is 2.24 bits per heavy atom. The van der Waals surface area contributed by atoms with E-state index in [2.05, 4.69) is 34.0 Å². The molecule has 0 spiro atoms. The normalized spacial score (nSPS) is 16.4. The van der Waals surface area contributed by atoms with Gasteiger partial charge in [0.2, 0.25) is 0 Å². The lowest BCUT2D eigenvalue weighted by atomic mass is 10.2. The molecule has 0 saturated heterocycles. The molecule has 0 bridgehead atoms. The van der Waals surface area contributed by atoms with Crippen molar-refractivity contribution in [1.29, 1.82) is 0 Å². The number of carbonyl (C=O) groups is 1. The van der Waals surface area contributed by atoms with Gasteiger partial charge in [-0.05, 0) is 18.9 Å². The molecule has 0 aliphatic carbocycles. The van der Waals surface area contributed by atoms with E-state index in [0.717, 1.165) is 11.9 Å². The summed E-state index contributed by atoms with van der Waals surface area (Å²) in [5.74, 6) is -0.0995. The van der Waals surface area contributed by atoms with E-state index in [1.807, 2.05) is 0 Å². The highest BCUT2D eigenvalue weighted by Crippen LogP contribution is 2.56. The zero-order valence-electron chi connectivity index (χ0n) is 15.7. The van der Waals surface area contributed by atoms with Gasteiger partial charge in [0, 0.05) is 23.7 Å². The van der Waals surface area contributed by atoms with Crippen molar-refractivity contribution in [2.24, 2.45) is 0 Å². The maximum atomic E-state index is 13.1. The predicted octanol–water partition coefficient (Wildman–Crippen LogP) is 4.87. The molecule has 25 heavy (non-hydrogen) atoms. The van der Waals surface area contributed by atoms with Gasteiger partial charge in [0.15, 0.2) is 0 Å². The van der Waals surface area contributed by atoms with E-state index in [0.29, 0.717) is 0 Å². The van der Waals surface area contributed by atoms with Gasteiger partial charge in [0.1, 0.15) is 0 Å². The van der Waals surface area contributed by atoms with Crippen LogP contribution < -0.4 is 0 Å². The van der Waals surface area contributed by atoms with Gasteiger partial charge in [0.25, 0.3) is 0 Å². The van der Waals surface area contributed by atoms with Crippen LogP contribution in [0.2, 0.25) is 0 Å². The number of alkyl halides is 3. The predicted molar refractivity (Wildman–Crippen MR) is 95.2 cm³/mol. The minimum absolute atomic E-state index is 0.0220. The molecule has 146 valence electrons. The molecule has 0 fully saturated rings. The zero-order chi connectivity index (χ0) is 19.5. The van der Waals surface area contributed by atoms with Crippen LogP contribution in [-0.2, 0) is 21.6 Å². The molecule has 0 aliphatic heterocycles. The number of esters is 1. The highest BCUT2D eigenvalue weighted by Gasteiger charge is 2.37. The molecule has 0 radical (unpaired) electrons. The lowest BCUT2D eigenvalue weighted by molar-refractivity contribution is -0.138. The standard InChI is InChI=1S/C17H28F3NO3S/c1-7-23-15(22)13-11-21(12-14(13)17(18,19)20)9-10-24-25(6,8-2)16(3,4)5/h11-12H,7-10H2,1-6H3. The molecular weight excluding hydrogens is 355 g/mol. The second-order valence-corrected chi connectivity index (χ2v) is 10.8. The maximum absolute atomic E-state index is 13.1. The average molecular weight is 383 g/mol. The summed E-state index contributed by atoms with van der Waals surface area (Å²) in [4.78, 5) is 11.8. The molecule has 0 amide bonds. The van der Waals surface area contributed by atoms with Crippen LogP contribution in [0.5, 0.6) is 0 Å². The number of aromatic nitrogens is 1. The summed E-state index contributed by atoms with van der Waals surface area (Å²) >= 11 is 0. The molecule has 0 aliphatic rings. The lowest BCUT2D eigenvalue weighted by Crippen LogP contribution is -2.28. The molecule has 4 nitrogen and oxygen atoms in total. The van der Waals surface area contributed by atoms with Crippen molar-refractivity contribution in [2.75, 3.05) is 25.2 Å². The van der Waals surface area contributed by atoms with Gasteiger partial charge in [-0.25, -0.2) is 4.79 Å².